The lowest BCUT2D eigenvalue weighted by Crippen LogP contribution is -2.28. The van der Waals surface area contributed by atoms with E-state index in [4.69, 9.17) is 15.5 Å². The highest BCUT2D eigenvalue weighted by Crippen LogP contribution is 2.36. The number of carbonyl (C=O) groups excluding carboxylic acids is 1. The van der Waals surface area contributed by atoms with Crippen LogP contribution in [-0.2, 0) is 22.6 Å². The molecule has 0 saturated carbocycles. The van der Waals surface area contributed by atoms with E-state index in [1.54, 1.807) is 4.57 Å². The first kappa shape index (κ1) is 20.1. The molecule has 0 saturated heterocycles. The van der Waals surface area contributed by atoms with Crippen molar-refractivity contribution in [2.24, 2.45) is 11.7 Å². The molecule has 8 heteroatoms. The number of fused-ring (bicyclic) bond motifs is 3. The Labute approximate surface area is 177 Å². The molecule has 0 fully saturated rings. The molecule has 29 heavy (non-hydrogen) atoms. The second-order valence-electron chi connectivity index (χ2n) is 7.61. The third-order valence-corrected chi connectivity index (χ3v) is 7.12. The second kappa shape index (κ2) is 7.93. The predicted molar refractivity (Wildman–Crippen MR) is 117 cm³/mol. The zero-order chi connectivity index (χ0) is 20.7. The summed E-state index contributed by atoms with van der Waals surface area (Å²) in [6, 6.07) is 7.72. The number of nitrogens with zero attached hydrogens (tertiary/aromatic N) is 2. The van der Waals surface area contributed by atoms with Crippen molar-refractivity contribution >= 4 is 39.2 Å². The topological polar surface area (TPSA) is 87.2 Å². The number of thioether (sulfide) groups is 1. The monoisotopic (exact) mass is 429 g/mol. The number of carbonyl (C=O) groups is 1. The number of nitrogens with two attached hydrogens (primary N) is 1. The van der Waals surface area contributed by atoms with Crippen LogP contribution in [0.4, 0.5) is 0 Å². The van der Waals surface area contributed by atoms with Crippen molar-refractivity contribution in [2.75, 3.05) is 5.75 Å². The van der Waals surface area contributed by atoms with Crippen molar-refractivity contribution in [3.05, 3.63) is 50.6 Å². The molecule has 3 heterocycles. The third-order valence-electron chi connectivity index (χ3n) is 5.06. The van der Waals surface area contributed by atoms with E-state index >= 15 is 0 Å². The summed E-state index contributed by atoms with van der Waals surface area (Å²) in [6.07, 6.45) is 0.807. The van der Waals surface area contributed by atoms with E-state index in [-0.39, 0.29) is 17.4 Å². The van der Waals surface area contributed by atoms with Crippen molar-refractivity contribution in [1.29, 1.82) is 0 Å². The molecule has 1 amide bonds. The Morgan fingerprint density at radius 1 is 1.45 bits per heavy atom. The SMILES string of the molecule is Cc1cccc(-n2c(SCC(N)=O)nc3sc4c(c3c2=O)C[C@@H](C(C)C)OC4)c1. The van der Waals surface area contributed by atoms with Gasteiger partial charge in [-0.25, -0.2) is 4.98 Å². The molecule has 0 radical (unpaired) electrons. The van der Waals surface area contributed by atoms with Crippen LogP contribution in [0.2, 0.25) is 0 Å². The summed E-state index contributed by atoms with van der Waals surface area (Å²) in [6.45, 7) is 6.75. The number of primary amides is 1. The summed E-state index contributed by atoms with van der Waals surface area (Å²) >= 11 is 2.69. The summed E-state index contributed by atoms with van der Waals surface area (Å²) in [5, 5.41) is 1.15. The lowest BCUT2D eigenvalue weighted by atomic mass is 9.96. The first-order valence-electron chi connectivity index (χ1n) is 9.52. The normalized spacial score (nSPS) is 16.3. The van der Waals surface area contributed by atoms with Gasteiger partial charge in [0.2, 0.25) is 5.91 Å². The van der Waals surface area contributed by atoms with Crippen LogP contribution < -0.4 is 11.3 Å². The van der Waals surface area contributed by atoms with Gasteiger partial charge in [0.05, 0.1) is 29.5 Å². The Balaban J connectivity index is 1.94. The van der Waals surface area contributed by atoms with Gasteiger partial charge < -0.3 is 10.5 Å². The molecule has 6 nitrogen and oxygen atoms in total. The number of aryl methyl sites for hydroxylation is 1. The van der Waals surface area contributed by atoms with Gasteiger partial charge >= 0.3 is 0 Å². The number of rotatable bonds is 5. The Morgan fingerprint density at radius 2 is 2.24 bits per heavy atom. The Bertz CT molecular complexity index is 1150. The maximum atomic E-state index is 13.7. The summed E-state index contributed by atoms with van der Waals surface area (Å²) in [4.78, 5) is 31.6. The molecule has 1 aromatic carbocycles. The average Bonchev–Trinajstić information content (AvgIpc) is 3.04. The third kappa shape index (κ3) is 3.84. The van der Waals surface area contributed by atoms with E-state index in [1.165, 1.54) is 23.1 Å². The molecule has 2 N–H and O–H groups in total. The highest BCUT2D eigenvalue weighted by Gasteiger charge is 2.28. The zero-order valence-electron chi connectivity index (χ0n) is 16.6. The number of aromatic nitrogens is 2. The molecule has 0 bridgehead atoms. The van der Waals surface area contributed by atoms with Crippen molar-refractivity contribution in [3.63, 3.8) is 0 Å². The van der Waals surface area contributed by atoms with E-state index in [1.807, 2.05) is 31.2 Å². The Hall–Kier alpha value is -2.16. The molecular weight excluding hydrogens is 406 g/mol. The predicted octanol–water partition coefficient (Wildman–Crippen LogP) is 3.43. The standard InChI is InChI=1S/C21H23N3O3S2/c1-11(2)15-8-14-16(9-27-15)29-19-18(14)20(26)24(13-6-4-5-12(3)7-13)21(23-19)28-10-17(22)25/h4-7,11,15H,8-10H2,1-3H3,(H2,22,25)/t15-/m0/s1. The number of benzene rings is 1. The minimum Gasteiger partial charge on any atom is -0.372 e. The highest BCUT2D eigenvalue weighted by molar-refractivity contribution is 7.99. The van der Waals surface area contributed by atoms with Gasteiger partial charge in [-0.15, -0.1) is 11.3 Å². The Morgan fingerprint density at radius 3 is 2.93 bits per heavy atom. The van der Waals surface area contributed by atoms with E-state index in [2.05, 4.69) is 13.8 Å². The van der Waals surface area contributed by atoms with Crippen molar-refractivity contribution in [2.45, 2.75) is 45.1 Å². The largest absolute Gasteiger partial charge is 0.372 e. The van der Waals surface area contributed by atoms with E-state index in [0.717, 1.165) is 21.7 Å². The van der Waals surface area contributed by atoms with Gasteiger partial charge in [-0.1, -0.05) is 37.7 Å². The summed E-state index contributed by atoms with van der Waals surface area (Å²) in [5.74, 6) is -0.0119. The van der Waals surface area contributed by atoms with Crippen LogP contribution in [0.25, 0.3) is 15.9 Å². The van der Waals surface area contributed by atoms with Crippen molar-refractivity contribution in [1.82, 2.24) is 9.55 Å². The smallest absolute Gasteiger partial charge is 0.267 e. The van der Waals surface area contributed by atoms with E-state index < -0.39 is 5.91 Å². The van der Waals surface area contributed by atoms with E-state index in [9.17, 15) is 9.59 Å². The molecule has 0 aliphatic carbocycles. The van der Waals surface area contributed by atoms with Crippen LogP contribution >= 0.6 is 23.1 Å². The number of amides is 1. The zero-order valence-corrected chi connectivity index (χ0v) is 18.2. The lowest BCUT2D eigenvalue weighted by Gasteiger charge is -2.26. The summed E-state index contributed by atoms with van der Waals surface area (Å²) < 4.78 is 7.59. The minimum absolute atomic E-state index is 0.0629. The fourth-order valence-electron chi connectivity index (χ4n) is 3.56. The van der Waals surface area contributed by atoms with E-state index in [0.29, 0.717) is 34.3 Å². The molecule has 2 aromatic heterocycles. The van der Waals surface area contributed by atoms with Crippen LogP contribution in [0.1, 0.15) is 29.9 Å². The second-order valence-corrected chi connectivity index (χ2v) is 9.64. The maximum absolute atomic E-state index is 13.7. The minimum atomic E-state index is -0.446. The molecule has 1 atom stereocenters. The van der Waals surface area contributed by atoms with Gasteiger partial charge in [-0.3, -0.25) is 14.2 Å². The van der Waals surface area contributed by atoms with Crippen LogP contribution in [0, 0.1) is 12.8 Å². The van der Waals surface area contributed by atoms with Crippen LogP contribution in [0.3, 0.4) is 0 Å². The molecule has 0 unspecified atom stereocenters. The highest BCUT2D eigenvalue weighted by atomic mass is 32.2. The van der Waals surface area contributed by atoms with Crippen molar-refractivity contribution in [3.8, 4) is 5.69 Å². The first-order chi connectivity index (χ1) is 13.8. The summed E-state index contributed by atoms with van der Waals surface area (Å²) in [5.41, 5.74) is 8.07. The van der Waals surface area contributed by atoms with Crippen LogP contribution in [-0.4, -0.2) is 27.3 Å². The van der Waals surface area contributed by atoms with Gasteiger partial charge in [0.1, 0.15) is 4.83 Å². The quantitative estimate of drug-likeness (QED) is 0.496. The first-order valence-corrected chi connectivity index (χ1v) is 11.3. The van der Waals surface area contributed by atoms with Gasteiger partial charge in [-0.2, -0.15) is 0 Å². The molecule has 1 aliphatic heterocycles. The average molecular weight is 430 g/mol. The fourth-order valence-corrected chi connectivity index (χ4v) is 5.48. The fraction of sp³-hybridized carbons (Fsp3) is 0.381. The van der Waals surface area contributed by atoms with Crippen molar-refractivity contribution < 1.29 is 9.53 Å². The van der Waals surface area contributed by atoms with Gasteiger partial charge in [-0.05, 0) is 36.1 Å². The van der Waals surface area contributed by atoms with Gasteiger partial charge in [0.25, 0.3) is 5.56 Å². The van der Waals surface area contributed by atoms with Crippen LogP contribution in [0.15, 0.2) is 34.2 Å². The molecule has 152 valence electrons. The molecule has 0 spiro atoms. The van der Waals surface area contributed by atoms with Crippen LogP contribution in [0.5, 0.6) is 0 Å². The number of thiophene rings is 1. The number of hydrogen-bond acceptors (Lipinski definition) is 6. The summed E-state index contributed by atoms with van der Waals surface area (Å²) in [7, 11) is 0. The molecule has 1 aliphatic rings. The lowest BCUT2D eigenvalue weighted by molar-refractivity contribution is -0.115. The Kier molecular flexibility index (Phi) is 5.50. The number of hydrogen-bond donors (Lipinski definition) is 1. The molecule has 3 aromatic rings. The molecule has 4 rings (SSSR count). The van der Waals surface area contributed by atoms with Gasteiger partial charge in [0.15, 0.2) is 5.16 Å². The maximum Gasteiger partial charge on any atom is 0.267 e. The molecular formula is C21H23N3O3S2. The number of ether oxygens (including phenoxy) is 1. The van der Waals surface area contributed by atoms with Gasteiger partial charge in [0, 0.05) is 11.3 Å².